The van der Waals surface area contributed by atoms with Crippen molar-refractivity contribution in [3.05, 3.63) is 34.4 Å². The molecule has 8 nitrogen and oxygen atoms in total. The average Bonchev–Trinajstić information content (AvgIpc) is 2.42. The number of nitro benzene ring substituents is 1. The van der Waals surface area contributed by atoms with Crippen molar-refractivity contribution in [3.63, 3.8) is 0 Å². The van der Waals surface area contributed by atoms with Gasteiger partial charge in [0.1, 0.15) is 5.69 Å². The molecule has 1 rings (SSSR count). The topological polar surface area (TPSA) is 111 Å². The molecular formula is C11H17N3O5S. The van der Waals surface area contributed by atoms with Crippen LogP contribution < -0.4 is 10.0 Å². The smallest absolute Gasteiger partial charge is 0.292 e. The number of ether oxygens (including phenoxy) is 1. The quantitative estimate of drug-likeness (QED) is 0.392. The summed E-state index contributed by atoms with van der Waals surface area (Å²) in [5, 5.41) is 13.6. The second-order valence-corrected chi connectivity index (χ2v) is 5.83. The van der Waals surface area contributed by atoms with E-state index in [-0.39, 0.29) is 31.1 Å². The van der Waals surface area contributed by atoms with Crippen molar-refractivity contribution in [2.24, 2.45) is 0 Å². The molecule has 0 bridgehead atoms. The summed E-state index contributed by atoms with van der Waals surface area (Å²) in [5.41, 5.74) is 0.309. The Morgan fingerprint density at radius 3 is 2.65 bits per heavy atom. The number of benzene rings is 1. The summed E-state index contributed by atoms with van der Waals surface area (Å²) in [6.07, 6.45) is 0. The number of sulfonamides is 1. The van der Waals surface area contributed by atoms with Crippen molar-refractivity contribution in [1.29, 1.82) is 0 Å². The van der Waals surface area contributed by atoms with E-state index in [2.05, 4.69) is 14.8 Å². The van der Waals surface area contributed by atoms with Crippen molar-refractivity contribution in [3.8, 4) is 0 Å². The fraction of sp³-hybridized carbons (Fsp3) is 0.455. The van der Waals surface area contributed by atoms with Crippen LogP contribution in [-0.4, -0.2) is 45.9 Å². The molecule has 2 N–H and O–H groups in total. The number of hydrogen-bond donors (Lipinski definition) is 2. The first-order valence-electron chi connectivity index (χ1n) is 5.90. The van der Waals surface area contributed by atoms with Crippen LogP contribution in [0.15, 0.2) is 24.3 Å². The predicted molar refractivity (Wildman–Crippen MR) is 75.3 cm³/mol. The fourth-order valence-corrected chi connectivity index (χ4v) is 2.39. The molecular weight excluding hydrogens is 286 g/mol. The number of rotatable bonds is 9. The third kappa shape index (κ3) is 5.51. The number of hydrogen-bond acceptors (Lipinski definition) is 6. The van der Waals surface area contributed by atoms with Crippen LogP contribution >= 0.6 is 0 Å². The number of nitrogens with one attached hydrogen (secondary N) is 2. The molecule has 0 saturated carbocycles. The Balaban J connectivity index is 2.44. The molecule has 0 aliphatic carbocycles. The molecule has 0 heterocycles. The molecule has 0 saturated heterocycles. The molecule has 0 aliphatic heterocycles. The van der Waals surface area contributed by atoms with Gasteiger partial charge < -0.3 is 10.1 Å². The lowest BCUT2D eigenvalue weighted by atomic mass is 10.2. The fourth-order valence-electron chi connectivity index (χ4n) is 1.45. The summed E-state index contributed by atoms with van der Waals surface area (Å²) >= 11 is 0. The molecule has 0 fully saturated rings. The molecule has 1 aromatic carbocycles. The molecule has 1 aromatic rings. The standard InChI is InChI=1S/C11H17N3O5S/c1-19-8-9-20(17,18)13-7-6-12-10-4-2-3-5-11(10)14(15)16/h2-5,12-13H,6-9H2,1H3. The maximum Gasteiger partial charge on any atom is 0.292 e. The Morgan fingerprint density at radius 1 is 1.30 bits per heavy atom. The third-order valence-corrected chi connectivity index (χ3v) is 3.77. The van der Waals surface area contributed by atoms with Crippen LogP contribution in [0.3, 0.4) is 0 Å². The summed E-state index contributed by atoms with van der Waals surface area (Å²) in [6, 6.07) is 6.18. The van der Waals surface area contributed by atoms with Gasteiger partial charge in [-0.15, -0.1) is 0 Å². The molecule has 0 unspecified atom stereocenters. The van der Waals surface area contributed by atoms with Gasteiger partial charge >= 0.3 is 0 Å². The molecule has 0 radical (unpaired) electrons. The molecule has 0 aliphatic rings. The zero-order valence-corrected chi connectivity index (χ0v) is 11.9. The highest BCUT2D eigenvalue weighted by Gasteiger charge is 2.12. The van der Waals surface area contributed by atoms with Crippen LogP contribution in [0.1, 0.15) is 0 Å². The monoisotopic (exact) mass is 303 g/mol. The van der Waals surface area contributed by atoms with E-state index in [0.29, 0.717) is 5.69 Å². The molecule has 0 atom stereocenters. The van der Waals surface area contributed by atoms with Crippen molar-refractivity contribution in [2.75, 3.05) is 37.9 Å². The Bertz CT molecular complexity index is 547. The van der Waals surface area contributed by atoms with E-state index >= 15 is 0 Å². The second kappa shape index (κ2) is 7.78. The average molecular weight is 303 g/mol. The largest absolute Gasteiger partial charge is 0.384 e. The lowest BCUT2D eigenvalue weighted by Gasteiger charge is -2.08. The van der Waals surface area contributed by atoms with Gasteiger partial charge in [-0.2, -0.15) is 0 Å². The summed E-state index contributed by atoms with van der Waals surface area (Å²) < 4.78 is 30.0. The van der Waals surface area contributed by atoms with E-state index in [9.17, 15) is 18.5 Å². The van der Waals surface area contributed by atoms with Crippen molar-refractivity contribution < 1.29 is 18.1 Å². The Hall–Kier alpha value is -1.71. The van der Waals surface area contributed by atoms with Gasteiger partial charge in [0.2, 0.25) is 10.0 Å². The van der Waals surface area contributed by atoms with Gasteiger partial charge in [-0.05, 0) is 6.07 Å². The van der Waals surface area contributed by atoms with Crippen molar-refractivity contribution >= 4 is 21.4 Å². The lowest BCUT2D eigenvalue weighted by Crippen LogP contribution is -2.32. The van der Waals surface area contributed by atoms with Gasteiger partial charge in [-0.3, -0.25) is 10.1 Å². The molecule has 0 aromatic heterocycles. The SMILES string of the molecule is COCCS(=O)(=O)NCCNc1ccccc1[N+](=O)[O-]. The first-order chi connectivity index (χ1) is 9.46. The van der Waals surface area contributed by atoms with Crippen molar-refractivity contribution in [1.82, 2.24) is 4.72 Å². The first kappa shape index (κ1) is 16.3. The van der Waals surface area contributed by atoms with Gasteiger partial charge in [-0.1, -0.05) is 12.1 Å². The van der Waals surface area contributed by atoms with Gasteiger partial charge in [-0.25, -0.2) is 13.1 Å². The second-order valence-electron chi connectivity index (χ2n) is 3.91. The van der Waals surface area contributed by atoms with Crippen LogP contribution in [0.2, 0.25) is 0 Å². The van der Waals surface area contributed by atoms with Crippen LogP contribution in [0, 0.1) is 10.1 Å². The predicted octanol–water partition coefficient (Wildman–Crippen LogP) is 0.573. The van der Waals surface area contributed by atoms with Gasteiger partial charge in [0.05, 0.1) is 17.3 Å². The van der Waals surface area contributed by atoms with Gasteiger partial charge in [0.15, 0.2) is 0 Å². The van der Waals surface area contributed by atoms with E-state index in [1.54, 1.807) is 18.2 Å². The zero-order chi connectivity index (χ0) is 15.0. The van der Waals surface area contributed by atoms with E-state index in [4.69, 9.17) is 0 Å². The van der Waals surface area contributed by atoms with Crippen LogP contribution in [0.5, 0.6) is 0 Å². The molecule has 0 amide bonds. The van der Waals surface area contributed by atoms with E-state index in [0.717, 1.165) is 0 Å². The lowest BCUT2D eigenvalue weighted by molar-refractivity contribution is -0.384. The molecule has 9 heteroatoms. The van der Waals surface area contributed by atoms with E-state index in [1.807, 2.05) is 0 Å². The Kier molecular flexibility index (Phi) is 6.36. The van der Waals surface area contributed by atoms with Gasteiger partial charge in [0, 0.05) is 26.3 Å². The Morgan fingerprint density at radius 2 is 2.00 bits per heavy atom. The number of nitrogens with zero attached hydrogens (tertiary/aromatic N) is 1. The van der Waals surface area contributed by atoms with Crippen LogP contribution in [0.25, 0.3) is 0 Å². The van der Waals surface area contributed by atoms with Crippen LogP contribution in [-0.2, 0) is 14.8 Å². The van der Waals surface area contributed by atoms with Crippen molar-refractivity contribution in [2.45, 2.75) is 0 Å². The highest BCUT2D eigenvalue weighted by molar-refractivity contribution is 7.89. The van der Waals surface area contributed by atoms with Crippen LogP contribution in [0.4, 0.5) is 11.4 Å². The summed E-state index contributed by atoms with van der Waals surface area (Å²) in [7, 11) is -1.95. The summed E-state index contributed by atoms with van der Waals surface area (Å²) in [4.78, 5) is 10.3. The Labute approximate surface area is 117 Å². The normalized spacial score (nSPS) is 11.2. The minimum Gasteiger partial charge on any atom is -0.384 e. The summed E-state index contributed by atoms with van der Waals surface area (Å²) in [5.74, 6) is -0.116. The number of nitro groups is 1. The number of methoxy groups -OCH3 is 1. The van der Waals surface area contributed by atoms with E-state index in [1.165, 1.54) is 13.2 Å². The molecule has 112 valence electrons. The molecule has 20 heavy (non-hydrogen) atoms. The highest BCUT2D eigenvalue weighted by Crippen LogP contribution is 2.22. The third-order valence-electron chi connectivity index (χ3n) is 2.42. The number of para-hydroxylation sites is 2. The maximum absolute atomic E-state index is 11.4. The molecule has 0 spiro atoms. The minimum absolute atomic E-state index is 0.0465. The highest BCUT2D eigenvalue weighted by atomic mass is 32.2. The van der Waals surface area contributed by atoms with E-state index < -0.39 is 14.9 Å². The van der Waals surface area contributed by atoms with Gasteiger partial charge in [0.25, 0.3) is 5.69 Å². The zero-order valence-electron chi connectivity index (χ0n) is 11.0. The number of anilines is 1. The minimum atomic E-state index is -3.37. The first-order valence-corrected chi connectivity index (χ1v) is 7.55. The maximum atomic E-state index is 11.4. The summed E-state index contributed by atoms with van der Waals surface area (Å²) in [6.45, 7) is 0.502.